The topological polar surface area (TPSA) is 72.4 Å². The minimum absolute atomic E-state index is 0.146. The van der Waals surface area contributed by atoms with Crippen LogP contribution in [0.4, 0.5) is 0 Å². The number of benzene rings is 2. The largest absolute Gasteiger partial charge is 0.493 e. The lowest BCUT2D eigenvalue weighted by Crippen LogP contribution is -2.42. The van der Waals surface area contributed by atoms with Crippen LogP contribution in [0.1, 0.15) is 11.1 Å². The van der Waals surface area contributed by atoms with Crippen LogP contribution in [-0.4, -0.2) is 57.0 Å². The maximum absolute atomic E-state index is 12.0. The minimum Gasteiger partial charge on any atom is -0.493 e. The van der Waals surface area contributed by atoms with Gasteiger partial charge in [0.1, 0.15) is 6.61 Å². The number of halogens is 1. The molecule has 154 valence electrons. The number of morpholine rings is 1. The fraction of sp³-hybridized carbons (Fsp3) is 0.333. The molecule has 1 heterocycles. The van der Waals surface area contributed by atoms with E-state index in [-0.39, 0.29) is 5.91 Å². The van der Waals surface area contributed by atoms with E-state index in [1.165, 1.54) is 0 Å². The van der Waals surface area contributed by atoms with Gasteiger partial charge in [0.2, 0.25) is 0 Å². The summed E-state index contributed by atoms with van der Waals surface area (Å²) in [6.07, 6.45) is 1.60. The molecule has 1 N–H and O–H groups in total. The molecule has 0 radical (unpaired) electrons. The molecule has 0 aliphatic carbocycles. The van der Waals surface area contributed by atoms with Gasteiger partial charge in [-0.15, -0.1) is 0 Å². The summed E-state index contributed by atoms with van der Waals surface area (Å²) in [5, 5.41) is 4.06. The predicted molar refractivity (Wildman–Crippen MR) is 119 cm³/mol. The highest BCUT2D eigenvalue weighted by molar-refractivity contribution is 14.1. The Labute approximate surface area is 184 Å². The van der Waals surface area contributed by atoms with Crippen molar-refractivity contribution in [1.82, 2.24) is 10.3 Å². The van der Waals surface area contributed by atoms with Crippen molar-refractivity contribution < 1.29 is 19.0 Å². The van der Waals surface area contributed by atoms with Gasteiger partial charge in [-0.3, -0.25) is 9.69 Å². The number of rotatable bonds is 8. The Balaban J connectivity index is 1.58. The molecule has 7 nitrogen and oxygen atoms in total. The highest BCUT2D eigenvalue weighted by atomic mass is 127. The Morgan fingerprint density at radius 3 is 2.76 bits per heavy atom. The monoisotopic (exact) mass is 509 g/mol. The van der Waals surface area contributed by atoms with E-state index >= 15 is 0 Å². The SMILES string of the molecule is COc1cc(/C=N/NC(=O)CN2CCOCC2)cc(I)c1OCc1ccccc1. The van der Waals surface area contributed by atoms with Crippen LogP contribution in [0.3, 0.4) is 0 Å². The van der Waals surface area contributed by atoms with Gasteiger partial charge in [-0.1, -0.05) is 30.3 Å². The summed E-state index contributed by atoms with van der Waals surface area (Å²) >= 11 is 2.21. The van der Waals surface area contributed by atoms with E-state index in [1.807, 2.05) is 47.4 Å². The summed E-state index contributed by atoms with van der Waals surface area (Å²) in [6, 6.07) is 13.7. The highest BCUT2D eigenvalue weighted by Gasteiger charge is 2.14. The zero-order valence-electron chi connectivity index (χ0n) is 16.3. The third-order valence-corrected chi connectivity index (χ3v) is 5.15. The van der Waals surface area contributed by atoms with Crippen LogP contribution in [0, 0.1) is 3.57 Å². The number of ether oxygens (including phenoxy) is 3. The zero-order valence-corrected chi connectivity index (χ0v) is 18.4. The first-order valence-corrected chi connectivity index (χ1v) is 10.4. The quantitative estimate of drug-likeness (QED) is 0.337. The van der Waals surface area contributed by atoms with Gasteiger partial charge in [-0.25, -0.2) is 5.43 Å². The fourth-order valence-electron chi connectivity index (χ4n) is 2.86. The van der Waals surface area contributed by atoms with Gasteiger partial charge in [-0.2, -0.15) is 5.10 Å². The first-order chi connectivity index (χ1) is 14.2. The van der Waals surface area contributed by atoms with E-state index in [0.29, 0.717) is 37.9 Å². The molecule has 0 unspecified atom stereocenters. The highest BCUT2D eigenvalue weighted by Crippen LogP contribution is 2.34. The average molecular weight is 509 g/mol. The van der Waals surface area contributed by atoms with Crippen molar-refractivity contribution in [3.63, 3.8) is 0 Å². The van der Waals surface area contributed by atoms with E-state index in [4.69, 9.17) is 14.2 Å². The molecular formula is C21H24IN3O4. The van der Waals surface area contributed by atoms with E-state index in [1.54, 1.807) is 13.3 Å². The molecule has 1 aliphatic heterocycles. The van der Waals surface area contributed by atoms with Crippen molar-refractivity contribution in [3.8, 4) is 11.5 Å². The van der Waals surface area contributed by atoms with Gasteiger partial charge >= 0.3 is 0 Å². The molecule has 0 spiro atoms. The zero-order chi connectivity index (χ0) is 20.5. The third-order valence-electron chi connectivity index (χ3n) is 4.35. The molecular weight excluding hydrogens is 485 g/mol. The Morgan fingerprint density at radius 1 is 1.28 bits per heavy atom. The molecule has 2 aromatic carbocycles. The van der Waals surface area contributed by atoms with E-state index in [0.717, 1.165) is 27.8 Å². The Morgan fingerprint density at radius 2 is 2.03 bits per heavy atom. The van der Waals surface area contributed by atoms with Gasteiger partial charge in [0, 0.05) is 13.1 Å². The van der Waals surface area contributed by atoms with Crippen LogP contribution in [0.15, 0.2) is 47.6 Å². The number of hydrogen-bond donors (Lipinski definition) is 1. The van der Waals surface area contributed by atoms with Gasteiger partial charge in [0.05, 0.1) is 36.7 Å². The molecule has 1 amide bonds. The molecule has 0 bridgehead atoms. The molecule has 29 heavy (non-hydrogen) atoms. The summed E-state index contributed by atoms with van der Waals surface area (Å²) in [5.41, 5.74) is 4.46. The van der Waals surface area contributed by atoms with Gasteiger partial charge < -0.3 is 14.2 Å². The molecule has 8 heteroatoms. The minimum atomic E-state index is -0.146. The first kappa shape index (κ1) is 21.5. The lowest BCUT2D eigenvalue weighted by atomic mass is 10.2. The summed E-state index contributed by atoms with van der Waals surface area (Å²) in [5.74, 6) is 1.16. The normalized spacial score (nSPS) is 14.7. The summed E-state index contributed by atoms with van der Waals surface area (Å²) in [7, 11) is 1.60. The summed E-state index contributed by atoms with van der Waals surface area (Å²) in [6.45, 7) is 3.61. The van der Waals surface area contributed by atoms with Crippen LogP contribution in [0.2, 0.25) is 0 Å². The van der Waals surface area contributed by atoms with Crippen LogP contribution in [-0.2, 0) is 16.1 Å². The second-order valence-corrected chi connectivity index (χ2v) is 7.65. The number of hydrogen-bond acceptors (Lipinski definition) is 6. The van der Waals surface area contributed by atoms with Crippen LogP contribution >= 0.6 is 22.6 Å². The van der Waals surface area contributed by atoms with E-state index < -0.39 is 0 Å². The number of nitrogens with one attached hydrogen (secondary N) is 1. The fourth-order valence-corrected chi connectivity index (χ4v) is 3.64. The number of hydrazone groups is 1. The van der Waals surface area contributed by atoms with Crippen LogP contribution in [0.25, 0.3) is 0 Å². The molecule has 1 saturated heterocycles. The Bertz CT molecular complexity index is 839. The number of amides is 1. The van der Waals surface area contributed by atoms with Crippen LogP contribution < -0.4 is 14.9 Å². The average Bonchev–Trinajstić information content (AvgIpc) is 2.74. The van der Waals surface area contributed by atoms with Crippen molar-refractivity contribution >= 4 is 34.7 Å². The number of carbonyl (C=O) groups is 1. The lowest BCUT2D eigenvalue weighted by Gasteiger charge is -2.25. The molecule has 2 aromatic rings. The number of nitrogens with zero attached hydrogens (tertiary/aromatic N) is 2. The van der Waals surface area contributed by atoms with Gasteiger partial charge in [0.15, 0.2) is 11.5 Å². The van der Waals surface area contributed by atoms with E-state index in [2.05, 4.69) is 33.1 Å². The van der Waals surface area contributed by atoms with E-state index in [9.17, 15) is 4.79 Å². The predicted octanol–water partition coefficient (Wildman–Crippen LogP) is 2.66. The number of carbonyl (C=O) groups excluding carboxylic acids is 1. The summed E-state index contributed by atoms with van der Waals surface area (Å²) < 4.78 is 17.6. The maximum Gasteiger partial charge on any atom is 0.254 e. The molecule has 0 saturated carbocycles. The standard InChI is InChI=1S/C21H24IN3O4/c1-27-19-12-17(13-23-24-20(26)14-25-7-9-28-10-8-25)11-18(22)21(19)29-15-16-5-3-2-4-6-16/h2-6,11-13H,7-10,14-15H2,1H3,(H,24,26)/b23-13+. The summed E-state index contributed by atoms with van der Waals surface area (Å²) in [4.78, 5) is 14.1. The van der Waals surface area contributed by atoms with Crippen molar-refractivity contribution in [2.75, 3.05) is 40.0 Å². The second-order valence-electron chi connectivity index (χ2n) is 6.49. The molecule has 1 aliphatic rings. The smallest absolute Gasteiger partial charge is 0.254 e. The first-order valence-electron chi connectivity index (χ1n) is 9.32. The molecule has 0 aromatic heterocycles. The molecule has 0 atom stereocenters. The maximum atomic E-state index is 12.0. The van der Waals surface area contributed by atoms with Crippen molar-refractivity contribution in [1.29, 1.82) is 0 Å². The van der Waals surface area contributed by atoms with Gasteiger partial charge in [-0.05, 0) is 45.9 Å². The van der Waals surface area contributed by atoms with Crippen molar-refractivity contribution in [2.24, 2.45) is 5.10 Å². The second kappa shape index (κ2) is 11.1. The van der Waals surface area contributed by atoms with Crippen molar-refractivity contribution in [2.45, 2.75) is 6.61 Å². The number of methoxy groups -OCH3 is 1. The molecule has 1 fully saturated rings. The Kier molecular flexibility index (Phi) is 8.26. The lowest BCUT2D eigenvalue weighted by molar-refractivity contribution is -0.123. The Hall–Kier alpha value is -2.17. The van der Waals surface area contributed by atoms with Gasteiger partial charge in [0.25, 0.3) is 5.91 Å². The third kappa shape index (κ3) is 6.69. The molecule has 3 rings (SSSR count). The van der Waals surface area contributed by atoms with Crippen molar-refractivity contribution in [3.05, 3.63) is 57.2 Å². The van der Waals surface area contributed by atoms with Crippen LogP contribution in [0.5, 0.6) is 11.5 Å².